The van der Waals surface area contributed by atoms with Gasteiger partial charge in [-0.1, -0.05) is 38.0 Å². The second kappa shape index (κ2) is 8.93. The fourth-order valence-corrected chi connectivity index (χ4v) is 2.52. The molecule has 122 valence electrons. The Hall–Kier alpha value is -2.36. The first-order valence-corrected chi connectivity index (χ1v) is 8.07. The quantitative estimate of drug-likeness (QED) is 0.810. The highest BCUT2D eigenvalue weighted by Crippen LogP contribution is 2.16. The Balaban J connectivity index is 2.05. The van der Waals surface area contributed by atoms with Crippen molar-refractivity contribution in [2.24, 2.45) is 0 Å². The van der Waals surface area contributed by atoms with E-state index in [1.54, 1.807) is 19.4 Å². The first kappa shape index (κ1) is 17.0. The summed E-state index contributed by atoms with van der Waals surface area (Å²) in [5, 5.41) is 3.11. The standard InChI is InChI=1S/C19H24N2O2/c1-3-4-9-16(13-15-8-7-10-17(14-15)23-2)21-19(22)18-11-5-6-12-20-18/h5-8,10-12,14,16H,3-4,9,13H2,1-2H3,(H,21,22)/t16-/m0/s1. The van der Waals surface area contributed by atoms with Crippen molar-refractivity contribution in [3.63, 3.8) is 0 Å². The Labute approximate surface area is 137 Å². The molecule has 0 saturated heterocycles. The minimum absolute atomic E-state index is 0.0940. The predicted octanol–water partition coefficient (Wildman–Crippen LogP) is 3.62. The number of nitrogens with one attached hydrogen (secondary N) is 1. The fraction of sp³-hybridized carbons (Fsp3) is 0.368. The third-order valence-electron chi connectivity index (χ3n) is 3.76. The number of carbonyl (C=O) groups excluding carboxylic acids is 1. The Bertz CT molecular complexity index is 614. The first-order chi connectivity index (χ1) is 11.2. The molecule has 0 bridgehead atoms. The van der Waals surface area contributed by atoms with Crippen molar-refractivity contribution in [1.29, 1.82) is 0 Å². The maximum absolute atomic E-state index is 12.3. The zero-order valence-corrected chi connectivity index (χ0v) is 13.8. The molecular formula is C19H24N2O2. The molecule has 0 fully saturated rings. The summed E-state index contributed by atoms with van der Waals surface area (Å²) in [5.74, 6) is 0.724. The summed E-state index contributed by atoms with van der Waals surface area (Å²) in [6.07, 6.45) is 5.56. The van der Waals surface area contributed by atoms with Gasteiger partial charge in [0.05, 0.1) is 7.11 Å². The Kier molecular flexibility index (Phi) is 6.60. The zero-order chi connectivity index (χ0) is 16.5. The number of unbranched alkanes of at least 4 members (excludes halogenated alkanes) is 1. The molecule has 0 unspecified atom stereocenters. The monoisotopic (exact) mass is 312 g/mol. The van der Waals surface area contributed by atoms with E-state index in [0.717, 1.165) is 37.0 Å². The molecule has 2 rings (SSSR count). The van der Waals surface area contributed by atoms with Crippen LogP contribution >= 0.6 is 0 Å². The molecule has 2 aromatic rings. The molecule has 0 saturated carbocycles. The molecular weight excluding hydrogens is 288 g/mol. The maximum Gasteiger partial charge on any atom is 0.270 e. The topological polar surface area (TPSA) is 51.2 Å². The number of carbonyl (C=O) groups is 1. The lowest BCUT2D eigenvalue weighted by atomic mass is 10.0. The van der Waals surface area contributed by atoms with Crippen LogP contribution in [-0.4, -0.2) is 24.0 Å². The van der Waals surface area contributed by atoms with E-state index < -0.39 is 0 Å². The van der Waals surface area contributed by atoms with Gasteiger partial charge in [-0.2, -0.15) is 0 Å². The van der Waals surface area contributed by atoms with Gasteiger partial charge in [-0.3, -0.25) is 9.78 Å². The molecule has 0 radical (unpaired) electrons. The van der Waals surface area contributed by atoms with Crippen molar-refractivity contribution in [2.45, 2.75) is 38.6 Å². The Morgan fingerprint density at radius 3 is 2.83 bits per heavy atom. The lowest BCUT2D eigenvalue weighted by molar-refractivity contribution is 0.0929. The van der Waals surface area contributed by atoms with Crippen molar-refractivity contribution in [2.75, 3.05) is 7.11 Å². The summed E-state index contributed by atoms with van der Waals surface area (Å²) in [6.45, 7) is 2.16. The van der Waals surface area contributed by atoms with Crippen LogP contribution in [0.25, 0.3) is 0 Å². The van der Waals surface area contributed by atoms with Gasteiger partial charge in [-0.25, -0.2) is 0 Å². The van der Waals surface area contributed by atoms with Gasteiger partial charge < -0.3 is 10.1 Å². The van der Waals surface area contributed by atoms with Crippen LogP contribution in [0.2, 0.25) is 0 Å². The molecule has 1 aromatic heterocycles. The summed E-state index contributed by atoms with van der Waals surface area (Å²) in [6, 6.07) is 13.4. The van der Waals surface area contributed by atoms with Crippen LogP contribution in [0.4, 0.5) is 0 Å². The highest BCUT2D eigenvalue weighted by molar-refractivity contribution is 5.92. The van der Waals surface area contributed by atoms with Crippen molar-refractivity contribution in [3.8, 4) is 5.75 Å². The van der Waals surface area contributed by atoms with E-state index in [9.17, 15) is 4.79 Å². The number of nitrogens with zero attached hydrogens (tertiary/aromatic N) is 1. The fourth-order valence-electron chi connectivity index (χ4n) is 2.52. The van der Waals surface area contributed by atoms with Gasteiger partial charge in [-0.05, 0) is 42.7 Å². The number of aromatic nitrogens is 1. The van der Waals surface area contributed by atoms with Gasteiger partial charge in [-0.15, -0.1) is 0 Å². The average molecular weight is 312 g/mol. The van der Waals surface area contributed by atoms with Gasteiger partial charge in [0.1, 0.15) is 11.4 Å². The largest absolute Gasteiger partial charge is 0.497 e. The number of hydrogen-bond donors (Lipinski definition) is 1. The van der Waals surface area contributed by atoms with Crippen LogP contribution in [0.3, 0.4) is 0 Å². The summed E-state index contributed by atoms with van der Waals surface area (Å²) in [5.41, 5.74) is 1.62. The zero-order valence-electron chi connectivity index (χ0n) is 13.8. The second-order valence-corrected chi connectivity index (χ2v) is 5.58. The van der Waals surface area contributed by atoms with Crippen molar-refractivity contribution in [3.05, 3.63) is 59.9 Å². The molecule has 0 aliphatic heterocycles. The highest BCUT2D eigenvalue weighted by atomic mass is 16.5. The first-order valence-electron chi connectivity index (χ1n) is 8.07. The van der Waals surface area contributed by atoms with E-state index in [1.807, 2.05) is 30.3 Å². The van der Waals surface area contributed by atoms with Crippen molar-refractivity contribution in [1.82, 2.24) is 10.3 Å². The predicted molar refractivity (Wildman–Crippen MR) is 91.7 cm³/mol. The average Bonchev–Trinajstić information content (AvgIpc) is 2.60. The number of rotatable bonds is 8. The van der Waals surface area contributed by atoms with Gasteiger partial charge in [0.25, 0.3) is 5.91 Å². The maximum atomic E-state index is 12.3. The Morgan fingerprint density at radius 1 is 1.26 bits per heavy atom. The molecule has 1 heterocycles. The molecule has 1 amide bonds. The summed E-state index contributed by atoms with van der Waals surface area (Å²) >= 11 is 0. The number of hydrogen-bond acceptors (Lipinski definition) is 3. The summed E-state index contributed by atoms with van der Waals surface area (Å²) in [7, 11) is 1.66. The smallest absolute Gasteiger partial charge is 0.270 e. The van der Waals surface area contributed by atoms with Crippen LogP contribution in [-0.2, 0) is 6.42 Å². The molecule has 0 aliphatic rings. The molecule has 4 heteroatoms. The van der Waals surface area contributed by atoms with Gasteiger partial charge in [0, 0.05) is 12.2 Å². The number of ether oxygens (including phenoxy) is 1. The van der Waals surface area contributed by atoms with Crippen LogP contribution < -0.4 is 10.1 Å². The van der Waals surface area contributed by atoms with Crippen LogP contribution in [0.15, 0.2) is 48.7 Å². The van der Waals surface area contributed by atoms with E-state index in [-0.39, 0.29) is 11.9 Å². The lowest BCUT2D eigenvalue weighted by Crippen LogP contribution is -2.36. The third kappa shape index (κ3) is 5.40. The van der Waals surface area contributed by atoms with Crippen molar-refractivity contribution >= 4 is 5.91 Å². The molecule has 4 nitrogen and oxygen atoms in total. The van der Waals surface area contributed by atoms with Crippen LogP contribution in [0.1, 0.15) is 42.2 Å². The van der Waals surface area contributed by atoms with Crippen LogP contribution in [0.5, 0.6) is 5.75 Å². The van der Waals surface area contributed by atoms with Gasteiger partial charge in [0.2, 0.25) is 0 Å². The molecule has 23 heavy (non-hydrogen) atoms. The van der Waals surface area contributed by atoms with E-state index in [2.05, 4.69) is 23.3 Å². The minimum Gasteiger partial charge on any atom is -0.497 e. The van der Waals surface area contributed by atoms with E-state index >= 15 is 0 Å². The SMILES string of the molecule is CCCC[C@@H](Cc1cccc(OC)c1)NC(=O)c1ccccn1. The number of amides is 1. The molecule has 1 atom stereocenters. The molecule has 0 aliphatic carbocycles. The van der Waals surface area contributed by atoms with Gasteiger partial charge in [0.15, 0.2) is 0 Å². The minimum atomic E-state index is -0.116. The van der Waals surface area contributed by atoms with E-state index in [4.69, 9.17) is 4.74 Å². The molecule has 1 N–H and O–H groups in total. The molecule has 0 spiro atoms. The second-order valence-electron chi connectivity index (χ2n) is 5.58. The van der Waals surface area contributed by atoms with E-state index in [0.29, 0.717) is 5.69 Å². The van der Waals surface area contributed by atoms with E-state index in [1.165, 1.54) is 0 Å². The van der Waals surface area contributed by atoms with Crippen molar-refractivity contribution < 1.29 is 9.53 Å². The summed E-state index contributed by atoms with van der Waals surface area (Å²) < 4.78 is 5.27. The van der Waals surface area contributed by atoms with Gasteiger partial charge >= 0.3 is 0 Å². The van der Waals surface area contributed by atoms with Crippen LogP contribution in [0, 0.1) is 0 Å². The number of benzene rings is 1. The number of methoxy groups -OCH3 is 1. The normalized spacial score (nSPS) is 11.7. The highest BCUT2D eigenvalue weighted by Gasteiger charge is 2.15. The summed E-state index contributed by atoms with van der Waals surface area (Å²) in [4.78, 5) is 16.4. The number of pyridine rings is 1. The Morgan fingerprint density at radius 2 is 2.13 bits per heavy atom. The third-order valence-corrected chi connectivity index (χ3v) is 3.76. The lowest BCUT2D eigenvalue weighted by Gasteiger charge is -2.19. The molecule has 1 aromatic carbocycles.